The summed E-state index contributed by atoms with van der Waals surface area (Å²) >= 11 is 3.59. The second-order valence-electron chi connectivity index (χ2n) is 5.76. The van der Waals surface area contributed by atoms with E-state index in [4.69, 9.17) is 4.74 Å². The molecule has 1 aliphatic rings. The van der Waals surface area contributed by atoms with Gasteiger partial charge in [0.1, 0.15) is 6.61 Å². The number of carbonyl (C=O) groups is 1. The van der Waals surface area contributed by atoms with Crippen LogP contribution in [0.4, 0.5) is 10.5 Å². The number of anilines is 1. The number of benzene rings is 2. The first-order valence-corrected chi connectivity index (χ1v) is 8.77. The van der Waals surface area contributed by atoms with Crippen molar-refractivity contribution in [2.24, 2.45) is 0 Å². The highest BCUT2D eigenvalue weighted by atomic mass is 79.9. The van der Waals surface area contributed by atoms with Crippen LogP contribution in [0.3, 0.4) is 0 Å². The van der Waals surface area contributed by atoms with Gasteiger partial charge in [-0.05, 0) is 52.4 Å². The molecular weight excluding hydrogens is 354 g/mol. The molecule has 0 spiro atoms. The molecule has 0 fully saturated rings. The van der Waals surface area contributed by atoms with E-state index in [1.807, 2.05) is 47.4 Å². The Morgan fingerprint density at radius 3 is 2.74 bits per heavy atom. The summed E-state index contributed by atoms with van der Waals surface area (Å²) in [6.07, 6.45) is 2.62. The summed E-state index contributed by atoms with van der Waals surface area (Å²) in [5.74, 6) is 0. The summed E-state index contributed by atoms with van der Waals surface area (Å²) in [4.78, 5) is 14.6. The van der Waals surface area contributed by atoms with Crippen LogP contribution in [0.15, 0.2) is 53.0 Å². The molecule has 1 amide bonds. The fourth-order valence-corrected chi connectivity index (χ4v) is 3.68. The van der Waals surface area contributed by atoms with Crippen molar-refractivity contribution in [3.8, 4) is 0 Å². The van der Waals surface area contributed by atoms with Crippen LogP contribution in [0.1, 0.15) is 30.9 Å². The Hall–Kier alpha value is -1.81. The third kappa shape index (κ3) is 3.42. The molecule has 3 nitrogen and oxygen atoms in total. The minimum Gasteiger partial charge on any atom is -0.444 e. The minimum atomic E-state index is -0.270. The van der Waals surface area contributed by atoms with Crippen molar-refractivity contribution >= 4 is 27.7 Å². The molecule has 0 N–H and O–H groups in total. The van der Waals surface area contributed by atoms with Crippen LogP contribution in [0.25, 0.3) is 0 Å². The molecule has 1 unspecified atom stereocenters. The molecule has 1 heterocycles. The van der Waals surface area contributed by atoms with Crippen LogP contribution in [-0.2, 0) is 17.8 Å². The molecule has 0 aromatic heterocycles. The lowest BCUT2D eigenvalue weighted by atomic mass is 9.95. The standard InChI is InChI=1S/C19H20BrNO2/c1-2-16-12-11-15-9-6-10-17(20)18(15)21(16)19(22)23-13-14-7-4-3-5-8-14/h3-10,16H,2,11-13H2,1H3. The lowest BCUT2D eigenvalue weighted by Gasteiger charge is -2.36. The van der Waals surface area contributed by atoms with E-state index in [0.717, 1.165) is 35.0 Å². The first kappa shape index (κ1) is 16.1. The normalized spacial score (nSPS) is 16.8. The highest BCUT2D eigenvalue weighted by Gasteiger charge is 2.32. The quantitative estimate of drug-likeness (QED) is 0.728. The lowest BCUT2D eigenvalue weighted by molar-refractivity contribution is 0.143. The maximum atomic E-state index is 12.7. The maximum Gasteiger partial charge on any atom is 0.414 e. The first-order valence-electron chi connectivity index (χ1n) is 7.98. The smallest absolute Gasteiger partial charge is 0.414 e. The molecule has 0 bridgehead atoms. The summed E-state index contributed by atoms with van der Waals surface area (Å²) in [5.41, 5.74) is 3.16. The van der Waals surface area contributed by atoms with Gasteiger partial charge in [0.25, 0.3) is 0 Å². The lowest BCUT2D eigenvalue weighted by Crippen LogP contribution is -2.44. The molecule has 120 valence electrons. The van der Waals surface area contributed by atoms with E-state index in [9.17, 15) is 4.79 Å². The topological polar surface area (TPSA) is 29.5 Å². The monoisotopic (exact) mass is 373 g/mol. The maximum absolute atomic E-state index is 12.7. The van der Waals surface area contributed by atoms with Gasteiger partial charge in [-0.15, -0.1) is 0 Å². The van der Waals surface area contributed by atoms with Crippen molar-refractivity contribution in [1.82, 2.24) is 0 Å². The van der Waals surface area contributed by atoms with Gasteiger partial charge in [0.15, 0.2) is 0 Å². The number of rotatable bonds is 3. The van der Waals surface area contributed by atoms with E-state index in [2.05, 4.69) is 28.9 Å². The Kier molecular flexibility index (Phi) is 5.01. The molecule has 3 rings (SSSR count). The number of aryl methyl sites for hydroxylation is 1. The van der Waals surface area contributed by atoms with E-state index < -0.39 is 0 Å². The summed E-state index contributed by atoms with van der Waals surface area (Å²) < 4.78 is 6.53. The van der Waals surface area contributed by atoms with Gasteiger partial charge in [0, 0.05) is 10.5 Å². The zero-order chi connectivity index (χ0) is 16.2. The Bertz CT molecular complexity index is 687. The fraction of sp³-hybridized carbons (Fsp3) is 0.316. The zero-order valence-corrected chi connectivity index (χ0v) is 14.8. The molecule has 0 saturated carbocycles. The summed E-state index contributed by atoms with van der Waals surface area (Å²) in [7, 11) is 0. The molecule has 2 aromatic rings. The Morgan fingerprint density at radius 1 is 1.22 bits per heavy atom. The number of fused-ring (bicyclic) bond motifs is 1. The van der Waals surface area contributed by atoms with Crippen LogP contribution in [0.2, 0.25) is 0 Å². The van der Waals surface area contributed by atoms with Gasteiger partial charge in [-0.25, -0.2) is 4.79 Å². The molecule has 0 saturated heterocycles. The third-order valence-electron chi connectivity index (χ3n) is 4.30. The number of nitrogens with zero attached hydrogens (tertiary/aromatic N) is 1. The first-order chi connectivity index (χ1) is 11.2. The van der Waals surface area contributed by atoms with Crippen molar-refractivity contribution in [2.45, 2.75) is 38.8 Å². The van der Waals surface area contributed by atoms with Crippen LogP contribution < -0.4 is 4.90 Å². The molecule has 4 heteroatoms. The SMILES string of the molecule is CCC1CCc2cccc(Br)c2N1C(=O)OCc1ccccc1. The van der Waals surface area contributed by atoms with Gasteiger partial charge in [-0.1, -0.05) is 49.4 Å². The predicted octanol–water partition coefficient (Wildman–Crippen LogP) is 5.32. The third-order valence-corrected chi connectivity index (χ3v) is 4.94. The van der Waals surface area contributed by atoms with Gasteiger partial charge < -0.3 is 4.74 Å². The van der Waals surface area contributed by atoms with Gasteiger partial charge in [-0.2, -0.15) is 0 Å². The molecule has 1 aliphatic heterocycles. The van der Waals surface area contributed by atoms with E-state index in [0.29, 0.717) is 6.61 Å². The molecule has 2 aromatic carbocycles. The van der Waals surface area contributed by atoms with Gasteiger partial charge in [0.05, 0.1) is 5.69 Å². The van der Waals surface area contributed by atoms with Crippen molar-refractivity contribution in [3.05, 3.63) is 64.1 Å². The van der Waals surface area contributed by atoms with Crippen molar-refractivity contribution in [1.29, 1.82) is 0 Å². The number of para-hydroxylation sites is 1. The van der Waals surface area contributed by atoms with Crippen molar-refractivity contribution < 1.29 is 9.53 Å². The number of ether oxygens (including phenoxy) is 1. The summed E-state index contributed by atoms with van der Waals surface area (Å²) in [5, 5.41) is 0. The minimum absolute atomic E-state index is 0.185. The predicted molar refractivity (Wildman–Crippen MR) is 95.6 cm³/mol. The van der Waals surface area contributed by atoms with Gasteiger partial charge in [-0.3, -0.25) is 4.90 Å². The Labute approximate surface area is 145 Å². The number of amides is 1. The Balaban J connectivity index is 1.83. The molecular formula is C19H20BrNO2. The highest BCUT2D eigenvalue weighted by molar-refractivity contribution is 9.10. The molecule has 1 atom stereocenters. The van der Waals surface area contributed by atoms with E-state index in [1.165, 1.54) is 5.56 Å². The van der Waals surface area contributed by atoms with E-state index in [-0.39, 0.29) is 12.1 Å². The number of halogens is 1. The summed E-state index contributed by atoms with van der Waals surface area (Å²) in [6.45, 7) is 2.41. The van der Waals surface area contributed by atoms with Gasteiger partial charge in [0.2, 0.25) is 0 Å². The average molecular weight is 374 g/mol. The highest BCUT2D eigenvalue weighted by Crippen LogP contribution is 2.38. The van der Waals surface area contributed by atoms with Crippen LogP contribution >= 0.6 is 15.9 Å². The van der Waals surface area contributed by atoms with Gasteiger partial charge >= 0.3 is 6.09 Å². The average Bonchev–Trinajstić information content (AvgIpc) is 2.60. The van der Waals surface area contributed by atoms with Crippen LogP contribution in [-0.4, -0.2) is 12.1 Å². The Morgan fingerprint density at radius 2 is 2.00 bits per heavy atom. The van der Waals surface area contributed by atoms with Crippen LogP contribution in [0.5, 0.6) is 0 Å². The van der Waals surface area contributed by atoms with Crippen molar-refractivity contribution in [2.75, 3.05) is 4.90 Å². The number of carbonyl (C=O) groups excluding carboxylic acids is 1. The second kappa shape index (κ2) is 7.18. The molecule has 0 aliphatic carbocycles. The summed E-state index contributed by atoms with van der Waals surface area (Å²) in [6, 6.07) is 16.0. The van der Waals surface area contributed by atoms with Crippen LogP contribution in [0, 0.1) is 0 Å². The number of hydrogen-bond donors (Lipinski definition) is 0. The largest absolute Gasteiger partial charge is 0.444 e. The molecule has 23 heavy (non-hydrogen) atoms. The zero-order valence-electron chi connectivity index (χ0n) is 13.2. The van der Waals surface area contributed by atoms with Crippen molar-refractivity contribution in [3.63, 3.8) is 0 Å². The fourth-order valence-electron chi connectivity index (χ4n) is 3.08. The number of hydrogen-bond acceptors (Lipinski definition) is 2. The molecule has 0 radical (unpaired) electrons. The second-order valence-corrected chi connectivity index (χ2v) is 6.61. The van der Waals surface area contributed by atoms with E-state index >= 15 is 0 Å². The van der Waals surface area contributed by atoms with E-state index in [1.54, 1.807) is 0 Å².